The standard InChI is InChI=1S/C17H22N4OS/c1-3-14-8-9-15(23-14)11-21-17(19-2)20-10-12-4-6-13(7-5-12)16(18)22/h4-9H,3,10-11H2,1-2H3,(H2,18,22)(H2,19,20,21). The van der Waals surface area contributed by atoms with Gasteiger partial charge >= 0.3 is 0 Å². The number of amides is 1. The zero-order valence-corrected chi connectivity index (χ0v) is 14.2. The molecule has 0 saturated carbocycles. The van der Waals surface area contributed by atoms with E-state index in [1.165, 1.54) is 9.75 Å². The van der Waals surface area contributed by atoms with Crippen molar-refractivity contribution in [3.8, 4) is 0 Å². The maximum Gasteiger partial charge on any atom is 0.248 e. The SMILES string of the molecule is CCc1ccc(CNC(=NC)NCc2ccc(C(N)=O)cc2)s1. The number of benzene rings is 1. The van der Waals surface area contributed by atoms with Crippen LogP contribution in [0.15, 0.2) is 41.4 Å². The molecule has 2 rings (SSSR count). The van der Waals surface area contributed by atoms with E-state index < -0.39 is 5.91 Å². The number of hydrogen-bond acceptors (Lipinski definition) is 3. The number of aryl methyl sites for hydroxylation is 1. The Kier molecular flexibility index (Phi) is 6.17. The molecule has 2 aromatic rings. The molecule has 0 radical (unpaired) electrons. The second-order valence-electron chi connectivity index (χ2n) is 5.06. The van der Waals surface area contributed by atoms with Crippen LogP contribution in [0.3, 0.4) is 0 Å². The van der Waals surface area contributed by atoms with Gasteiger partial charge in [-0.2, -0.15) is 0 Å². The van der Waals surface area contributed by atoms with Crippen LogP contribution in [0.4, 0.5) is 0 Å². The number of nitrogens with one attached hydrogen (secondary N) is 2. The minimum absolute atomic E-state index is 0.413. The molecule has 1 amide bonds. The van der Waals surface area contributed by atoms with Crippen molar-refractivity contribution in [3.63, 3.8) is 0 Å². The zero-order chi connectivity index (χ0) is 16.7. The van der Waals surface area contributed by atoms with Gasteiger partial charge < -0.3 is 16.4 Å². The summed E-state index contributed by atoms with van der Waals surface area (Å²) in [5.74, 6) is 0.333. The third-order valence-corrected chi connectivity index (χ3v) is 4.65. The van der Waals surface area contributed by atoms with E-state index in [1.807, 2.05) is 23.5 Å². The van der Waals surface area contributed by atoms with E-state index in [-0.39, 0.29) is 0 Å². The van der Waals surface area contributed by atoms with E-state index in [0.29, 0.717) is 12.1 Å². The summed E-state index contributed by atoms with van der Waals surface area (Å²) in [7, 11) is 1.75. The van der Waals surface area contributed by atoms with Crippen molar-refractivity contribution in [1.29, 1.82) is 0 Å². The number of carbonyl (C=O) groups excluding carboxylic acids is 1. The Hall–Kier alpha value is -2.34. The van der Waals surface area contributed by atoms with Gasteiger partial charge in [-0.3, -0.25) is 9.79 Å². The molecule has 1 aromatic heterocycles. The van der Waals surface area contributed by atoms with E-state index in [1.54, 1.807) is 19.2 Å². The number of aliphatic imine (C=N–C) groups is 1. The molecular weight excluding hydrogens is 308 g/mol. The number of nitrogens with two attached hydrogens (primary N) is 1. The minimum atomic E-state index is -0.413. The first-order valence-corrected chi connectivity index (χ1v) is 8.35. The number of nitrogens with zero attached hydrogens (tertiary/aromatic N) is 1. The lowest BCUT2D eigenvalue weighted by Crippen LogP contribution is -2.36. The fraction of sp³-hybridized carbons (Fsp3) is 0.294. The monoisotopic (exact) mass is 330 g/mol. The van der Waals surface area contributed by atoms with Crippen molar-refractivity contribution in [3.05, 3.63) is 57.3 Å². The van der Waals surface area contributed by atoms with Crippen LogP contribution in [0.5, 0.6) is 0 Å². The van der Waals surface area contributed by atoms with Crippen molar-refractivity contribution in [2.75, 3.05) is 7.05 Å². The van der Waals surface area contributed by atoms with Crippen molar-refractivity contribution >= 4 is 23.2 Å². The quantitative estimate of drug-likeness (QED) is 0.561. The molecule has 1 heterocycles. The third kappa shape index (κ3) is 5.10. The molecule has 0 atom stereocenters. The molecule has 1 aromatic carbocycles. The second-order valence-corrected chi connectivity index (χ2v) is 6.31. The molecule has 6 heteroatoms. The topological polar surface area (TPSA) is 79.5 Å². The Balaban J connectivity index is 1.83. The first-order valence-electron chi connectivity index (χ1n) is 7.53. The summed E-state index contributed by atoms with van der Waals surface area (Å²) in [6.45, 7) is 3.54. The lowest BCUT2D eigenvalue weighted by Gasteiger charge is -2.11. The van der Waals surface area contributed by atoms with Crippen LogP contribution in [0.25, 0.3) is 0 Å². The Bertz CT molecular complexity index is 676. The molecule has 0 aliphatic rings. The van der Waals surface area contributed by atoms with Crippen LogP contribution in [-0.2, 0) is 19.5 Å². The largest absolute Gasteiger partial charge is 0.366 e. The van der Waals surface area contributed by atoms with Crippen molar-refractivity contribution < 1.29 is 4.79 Å². The Morgan fingerprint density at radius 3 is 2.30 bits per heavy atom. The third-order valence-electron chi connectivity index (χ3n) is 3.42. The van der Waals surface area contributed by atoms with Gasteiger partial charge in [0.1, 0.15) is 0 Å². The summed E-state index contributed by atoms with van der Waals surface area (Å²) in [6.07, 6.45) is 1.07. The fourth-order valence-electron chi connectivity index (χ4n) is 2.07. The Labute approximate surface area is 140 Å². The first kappa shape index (κ1) is 17.0. The molecule has 0 saturated heterocycles. The van der Waals surface area contributed by atoms with Crippen LogP contribution in [-0.4, -0.2) is 18.9 Å². The summed E-state index contributed by atoms with van der Waals surface area (Å²) in [5.41, 5.74) is 6.80. The Morgan fingerprint density at radius 2 is 1.74 bits per heavy atom. The number of thiophene rings is 1. The van der Waals surface area contributed by atoms with Gasteiger partial charge in [-0.25, -0.2) is 0 Å². The molecule has 0 aliphatic heterocycles. The van der Waals surface area contributed by atoms with E-state index in [9.17, 15) is 4.79 Å². The van der Waals surface area contributed by atoms with Gasteiger partial charge in [0.05, 0.1) is 6.54 Å². The summed E-state index contributed by atoms with van der Waals surface area (Å²) < 4.78 is 0. The smallest absolute Gasteiger partial charge is 0.248 e. The van der Waals surface area contributed by atoms with Gasteiger partial charge in [-0.15, -0.1) is 11.3 Å². The van der Waals surface area contributed by atoms with Crippen LogP contribution >= 0.6 is 11.3 Å². The molecule has 0 fully saturated rings. The number of primary amides is 1. The van der Waals surface area contributed by atoms with Gasteiger partial charge in [-0.1, -0.05) is 19.1 Å². The molecule has 0 bridgehead atoms. The predicted octanol–water partition coefficient (Wildman–Crippen LogP) is 2.27. The highest BCUT2D eigenvalue weighted by Crippen LogP contribution is 2.16. The fourth-order valence-corrected chi connectivity index (χ4v) is 2.97. The molecule has 4 N–H and O–H groups in total. The number of hydrogen-bond donors (Lipinski definition) is 3. The highest BCUT2D eigenvalue weighted by molar-refractivity contribution is 7.11. The van der Waals surface area contributed by atoms with E-state index in [2.05, 4.69) is 34.7 Å². The van der Waals surface area contributed by atoms with Crippen LogP contribution < -0.4 is 16.4 Å². The second kappa shape index (κ2) is 8.33. The molecule has 0 spiro atoms. The van der Waals surface area contributed by atoms with Crippen molar-refractivity contribution in [2.45, 2.75) is 26.4 Å². The van der Waals surface area contributed by atoms with Gasteiger partial charge in [0.15, 0.2) is 5.96 Å². The molecule has 122 valence electrons. The number of guanidine groups is 1. The van der Waals surface area contributed by atoms with Crippen LogP contribution in [0.2, 0.25) is 0 Å². The van der Waals surface area contributed by atoms with E-state index in [0.717, 1.165) is 24.5 Å². The number of carbonyl (C=O) groups is 1. The maximum absolute atomic E-state index is 11.0. The van der Waals surface area contributed by atoms with Gasteiger partial charge in [0.2, 0.25) is 5.91 Å². The van der Waals surface area contributed by atoms with E-state index >= 15 is 0 Å². The summed E-state index contributed by atoms with van der Waals surface area (Å²) in [4.78, 5) is 17.9. The highest BCUT2D eigenvalue weighted by Gasteiger charge is 2.03. The molecule has 0 aliphatic carbocycles. The number of rotatable bonds is 6. The zero-order valence-electron chi connectivity index (χ0n) is 13.4. The maximum atomic E-state index is 11.0. The summed E-state index contributed by atoms with van der Waals surface area (Å²) in [5, 5.41) is 6.55. The average molecular weight is 330 g/mol. The normalized spacial score (nSPS) is 11.3. The molecule has 0 unspecified atom stereocenters. The summed E-state index contributed by atoms with van der Waals surface area (Å²) >= 11 is 1.82. The van der Waals surface area contributed by atoms with Crippen molar-refractivity contribution in [1.82, 2.24) is 10.6 Å². The molecular formula is C17H22N4OS. The van der Waals surface area contributed by atoms with E-state index in [4.69, 9.17) is 5.73 Å². The van der Waals surface area contributed by atoms with Crippen molar-refractivity contribution in [2.24, 2.45) is 10.7 Å². The minimum Gasteiger partial charge on any atom is -0.366 e. The molecule has 23 heavy (non-hydrogen) atoms. The first-order chi connectivity index (χ1) is 11.1. The summed E-state index contributed by atoms with van der Waals surface area (Å²) in [6, 6.07) is 11.5. The lowest BCUT2D eigenvalue weighted by atomic mass is 10.1. The highest BCUT2D eigenvalue weighted by atomic mass is 32.1. The Morgan fingerprint density at radius 1 is 1.09 bits per heavy atom. The van der Waals surface area contributed by atoms with Crippen LogP contribution in [0, 0.1) is 0 Å². The van der Waals surface area contributed by atoms with Gasteiger partial charge in [0, 0.05) is 28.9 Å². The van der Waals surface area contributed by atoms with Gasteiger partial charge in [0.25, 0.3) is 0 Å². The predicted molar refractivity (Wildman–Crippen MR) is 95.7 cm³/mol. The molecule has 5 nitrogen and oxygen atoms in total. The van der Waals surface area contributed by atoms with Crippen LogP contribution in [0.1, 0.15) is 32.6 Å². The lowest BCUT2D eigenvalue weighted by molar-refractivity contribution is 0.100. The average Bonchev–Trinajstić information content (AvgIpc) is 3.03. The van der Waals surface area contributed by atoms with Gasteiger partial charge in [-0.05, 0) is 36.2 Å².